The summed E-state index contributed by atoms with van der Waals surface area (Å²) >= 11 is 0. The molecule has 1 aromatic carbocycles. The van der Waals surface area contributed by atoms with Crippen molar-refractivity contribution in [2.45, 2.75) is 26.7 Å². The van der Waals surface area contributed by atoms with Gasteiger partial charge < -0.3 is 4.80 Å². The van der Waals surface area contributed by atoms with Crippen LogP contribution in [0.25, 0.3) is 0 Å². The zero-order chi connectivity index (χ0) is 8.97. The van der Waals surface area contributed by atoms with Crippen LogP contribution in [0.2, 0.25) is 0 Å². The molecule has 0 spiro atoms. The first-order valence-corrected chi connectivity index (χ1v) is 5.29. The lowest BCUT2D eigenvalue weighted by Crippen LogP contribution is -2.20. The van der Waals surface area contributed by atoms with Crippen LogP contribution in [-0.4, -0.2) is 14.6 Å². The highest BCUT2D eigenvalue weighted by Gasteiger charge is 2.04. The van der Waals surface area contributed by atoms with Crippen LogP contribution in [-0.2, 0) is 12.8 Å². The van der Waals surface area contributed by atoms with Gasteiger partial charge in [-0.2, -0.15) is 0 Å². The molecule has 12 heavy (non-hydrogen) atoms. The normalized spacial score (nSPS) is 10.2. The molecule has 0 unspecified atom stereocenters. The van der Waals surface area contributed by atoms with E-state index in [1.807, 2.05) is 12.1 Å². The van der Waals surface area contributed by atoms with Crippen LogP contribution in [0.5, 0.6) is 0 Å². The molecule has 64 valence electrons. The minimum atomic E-state index is -0.0649. The Bertz CT molecular complexity index is 236. The van der Waals surface area contributed by atoms with E-state index in [-0.39, 0.29) is 9.76 Å². The maximum atomic E-state index is 9.10. The van der Waals surface area contributed by atoms with Gasteiger partial charge in [-0.15, -0.1) is 0 Å². The first kappa shape index (κ1) is 9.48. The maximum Gasteiger partial charge on any atom is 0.265 e. The molecule has 0 aliphatic rings. The molecule has 0 aliphatic heterocycles. The fourth-order valence-corrected chi connectivity index (χ4v) is 2.13. The highest BCUT2D eigenvalue weighted by molar-refractivity contribution is 6.46. The minimum Gasteiger partial charge on any atom is -0.428 e. The van der Waals surface area contributed by atoms with Gasteiger partial charge >= 0.3 is 0 Å². The highest BCUT2D eigenvalue weighted by atomic mass is 28.2. The Kier molecular flexibility index (Phi) is 3.50. The Hall–Kier alpha value is -0.603. The van der Waals surface area contributed by atoms with Crippen LogP contribution < -0.4 is 5.19 Å². The van der Waals surface area contributed by atoms with Crippen molar-refractivity contribution in [3.8, 4) is 0 Å². The molecule has 0 saturated heterocycles. The largest absolute Gasteiger partial charge is 0.428 e. The van der Waals surface area contributed by atoms with E-state index in [0.29, 0.717) is 0 Å². The number of hydrogen-bond donors (Lipinski definition) is 1. The van der Waals surface area contributed by atoms with Gasteiger partial charge in [0.2, 0.25) is 0 Å². The smallest absolute Gasteiger partial charge is 0.265 e. The highest BCUT2D eigenvalue weighted by Crippen LogP contribution is 2.07. The molecule has 0 saturated carbocycles. The van der Waals surface area contributed by atoms with Gasteiger partial charge in [0, 0.05) is 0 Å². The van der Waals surface area contributed by atoms with Gasteiger partial charge in [0.05, 0.1) is 0 Å². The summed E-state index contributed by atoms with van der Waals surface area (Å²) in [6.45, 7) is 4.29. The van der Waals surface area contributed by atoms with Gasteiger partial charge in [0.15, 0.2) is 0 Å². The first-order valence-electron chi connectivity index (χ1n) is 4.34. The van der Waals surface area contributed by atoms with Crippen molar-refractivity contribution in [2.24, 2.45) is 0 Å². The van der Waals surface area contributed by atoms with Crippen LogP contribution in [0.1, 0.15) is 25.0 Å². The second-order valence-corrected chi connectivity index (χ2v) is 3.52. The molecular formula is C10H14OSi. The third-order valence-corrected chi connectivity index (χ3v) is 2.84. The average Bonchev–Trinajstić information content (AvgIpc) is 2.16. The summed E-state index contributed by atoms with van der Waals surface area (Å²) in [6, 6.07) is 6.18. The Morgan fingerprint density at radius 2 is 2.00 bits per heavy atom. The van der Waals surface area contributed by atoms with E-state index in [1.54, 1.807) is 0 Å². The molecule has 2 heteroatoms. The van der Waals surface area contributed by atoms with Crippen LogP contribution in [0.15, 0.2) is 18.2 Å². The molecule has 0 fully saturated rings. The predicted octanol–water partition coefficient (Wildman–Crippen LogP) is 1.05. The van der Waals surface area contributed by atoms with Crippen molar-refractivity contribution in [1.29, 1.82) is 0 Å². The monoisotopic (exact) mass is 178 g/mol. The summed E-state index contributed by atoms with van der Waals surface area (Å²) in [7, 11) is -0.0649. The zero-order valence-corrected chi connectivity index (χ0v) is 8.59. The Morgan fingerprint density at radius 1 is 1.25 bits per heavy atom. The van der Waals surface area contributed by atoms with E-state index in [2.05, 4.69) is 19.9 Å². The number of hydrogen-bond acceptors (Lipinski definition) is 1. The molecule has 1 nitrogen and oxygen atoms in total. The zero-order valence-electron chi connectivity index (χ0n) is 7.59. The van der Waals surface area contributed by atoms with Gasteiger partial charge in [-0.3, -0.25) is 0 Å². The molecule has 1 N–H and O–H groups in total. The number of rotatable bonds is 3. The van der Waals surface area contributed by atoms with Crippen LogP contribution in [0, 0.1) is 0 Å². The standard InChI is InChI=1S/C10H14OSi/c1-3-8-6-5-7-10(12-11)9(8)4-2/h5-7,11H,3-4H2,1-2H3. The van der Waals surface area contributed by atoms with Crippen molar-refractivity contribution in [1.82, 2.24) is 0 Å². The van der Waals surface area contributed by atoms with Gasteiger partial charge in [-0.25, -0.2) is 0 Å². The van der Waals surface area contributed by atoms with Gasteiger partial charge in [-0.1, -0.05) is 32.0 Å². The second kappa shape index (κ2) is 4.43. The topological polar surface area (TPSA) is 20.2 Å². The van der Waals surface area contributed by atoms with E-state index in [0.717, 1.165) is 18.0 Å². The second-order valence-electron chi connectivity index (χ2n) is 2.76. The fourth-order valence-electron chi connectivity index (χ4n) is 1.49. The maximum absolute atomic E-state index is 9.10. The summed E-state index contributed by atoms with van der Waals surface area (Å²) < 4.78 is 0. The van der Waals surface area contributed by atoms with Crippen molar-refractivity contribution < 1.29 is 4.80 Å². The lowest BCUT2D eigenvalue weighted by molar-refractivity contribution is 0.615. The third kappa shape index (κ3) is 1.76. The van der Waals surface area contributed by atoms with Crippen LogP contribution in [0.4, 0.5) is 0 Å². The quantitative estimate of drug-likeness (QED) is 0.686. The molecule has 0 aromatic heterocycles. The molecule has 1 aromatic rings. The third-order valence-electron chi connectivity index (χ3n) is 2.13. The summed E-state index contributed by atoms with van der Waals surface area (Å²) in [5.41, 5.74) is 2.71. The Labute approximate surface area is 76.4 Å². The first-order chi connectivity index (χ1) is 5.83. The van der Waals surface area contributed by atoms with Crippen molar-refractivity contribution in [3.05, 3.63) is 29.3 Å². The lowest BCUT2D eigenvalue weighted by atomic mass is 10.0. The van der Waals surface area contributed by atoms with Crippen molar-refractivity contribution in [2.75, 3.05) is 0 Å². The molecule has 1 rings (SSSR count). The predicted molar refractivity (Wildman–Crippen MR) is 52.8 cm³/mol. The summed E-state index contributed by atoms with van der Waals surface area (Å²) in [6.07, 6.45) is 2.08. The van der Waals surface area contributed by atoms with Gasteiger partial charge in [0.1, 0.15) is 0 Å². The fraction of sp³-hybridized carbons (Fsp3) is 0.400. The summed E-state index contributed by atoms with van der Waals surface area (Å²) in [5, 5.41) is 1.11. The minimum absolute atomic E-state index is 0.0649. The van der Waals surface area contributed by atoms with E-state index in [1.165, 1.54) is 11.1 Å². The summed E-state index contributed by atoms with van der Waals surface area (Å²) in [5.74, 6) is 0. The lowest BCUT2D eigenvalue weighted by Gasteiger charge is -2.08. The van der Waals surface area contributed by atoms with Crippen molar-refractivity contribution in [3.63, 3.8) is 0 Å². The van der Waals surface area contributed by atoms with Crippen LogP contribution in [0.3, 0.4) is 0 Å². The van der Waals surface area contributed by atoms with Gasteiger partial charge in [0.25, 0.3) is 9.76 Å². The molecule has 0 heterocycles. The van der Waals surface area contributed by atoms with E-state index < -0.39 is 0 Å². The number of benzene rings is 1. The number of aryl methyl sites for hydroxylation is 1. The van der Waals surface area contributed by atoms with E-state index in [4.69, 9.17) is 4.80 Å². The molecule has 0 bridgehead atoms. The van der Waals surface area contributed by atoms with E-state index >= 15 is 0 Å². The average molecular weight is 178 g/mol. The van der Waals surface area contributed by atoms with Gasteiger partial charge in [-0.05, 0) is 29.2 Å². The van der Waals surface area contributed by atoms with Crippen molar-refractivity contribution >= 4 is 14.9 Å². The SMILES string of the molecule is CCc1cccc([Si]O)c1CC. The molecule has 0 aliphatic carbocycles. The Balaban J connectivity index is 3.13. The molecule has 0 atom stereocenters. The molecular weight excluding hydrogens is 164 g/mol. The molecule has 0 amide bonds. The van der Waals surface area contributed by atoms with E-state index in [9.17, 15) is 0 Å². The summed E-state index contributed by atoms with van der Waals surface area (Å²) in [4.78, 5) is 9.10. The molecule has 2 radical (unpaired) electrons. The van der Waals surface area contributed by atoms with Crippen LogP contribution >= 0.6 is 0 Å². The Morgan fingerprint density at radius 3 is 2.50 bits per heavy atom.